The highest BCUT2D eigenvalue weighted by Crippen LogP contribution is 2.33. The molecule has 3 heteroatoms. The van der Waals surface area contributed by atoms with Gasteiger partial charge in [-0.2, -0.15) is 0 Å². The summed E-state index contributed by atoms with van der Waals surface area (Å²) in [6, 6.07) is 16.9. The summed E-state index contributed by atoms with van der Waals surface area (Å²) in [5, 5.41) is 1.08. The molecule has 0 spiro atoms. The molecule has 0 radical (unpaired) electrons. The Balaban J connectivity index is 2.02. The van der Waals surface area contributed by atoms with Crippen LogP contribution in [-0.2, 0) is 0 Å². The van der Waals surface area contributed by atoms with Gasteiger partial charge < -0.3 is 0 Å². The summed E-state index contributed by atoms with van der Waals surface area (Å²) in [7, 11) is 0. The van der Waals surface area contributed by atoms with Gasteiger partial charge in [-0.1, -0.05) is 57.9 Å². The fraction of sp³-hybridized carbons (Fsp3) is 0.118. The van der Waals surface area contributed by atoms with Crippen LogP contribution in [0, 0.1) is 13.8 Å². The van der Waals surface area contributed by atoms with Crippen molar-refractivity contribution in [1.82, 2.24) is 4.98 Å². The van der Waals surface area contributed by atoms with Crippen molar-refractivity contribution in [2.24, 2.45) is 0 Å². The molecule has 0 saturated heterocycles. The van der Waals surface area contributed by atoms with E-state index in [9.17, 15) is 0 Å². The summed E-state index contributed by atoms with van der Waals surface area (Å²) >= 11 is 5.22. The molecule has 2 aromatic carbocycles. The van der Waals surface area contributed by atoms with E-state index in [4.69, 9.17) is 4.98 Å². The van der Waals surface area contributed by atoms with Gasteiger partial charge in [0.25, 0.3) is 0 Å². The monoisotopic (exact) mass is 343 g/mol. The van der Waals surface area contributed by atoms with E-state index in [1.165, 1.54) is 21.6 Å². The van der Waals surface area contributed by atoms with Gasteiger partial charge in [0.2, 0.25) is 0 Å². The molecule has 20 heavy (non-hydrogen) atoms. The number of aryl methyl sites for hydroxylation is 2. The number of thiazole rings is 1. The van der Waals surface area contributed by atoms with E-state index in [1.54, 1.807) is 11.3 Å². The Kier molecular flexibility index (Phi) is 3.72. The fourth-order valence-corrected chi connectivity index (χ4v) is 3.30. The minimum atomic E-state index is 1.08. The minimum absolute atomic E-state index is 1.08. The van der Waals surface area contributed by atoms with Gasteiger partial charge in [0.15, 0.2) is 0 Å². The number of halogens is 1. The SMILES string of the molecule is Cc1ccc(-c2nc(-c3ccc(Br)cc3)c(C)s2)cc1. The largest absolute Gasteiger partial charge is 0.236 e. The summed E-state index contributed by atoms with van der Waals surface area (Å²) in [6.45, 7) is 4.23. The van der Waals surface area contributed by atoms with Crippen molar-refractivity contribution in [2.75, 3.05) is 0 Å². The lowest BCUT2D eigenvalue weighted by atomic mass is 10.1. The Labute approximate surface area is 131 Å². The van der Waals surface area contributed by atoms with Gasteiger partial charge >= 0.3 is 0 Å². The minimum Gasteiger partial charge on any atom is -0.236 e. The zero-order valence-corrected chi connectivity index (χ0v) is 13.8. The van der Waals surface area contributed by atoms with Gasteiger partial charge in [-0.25, -0.2) is 4.98 Å². The van der Waals surface area contributed by atoms with Crippen molar-refractivity contribution in [2.45, 2.75) is 13.8 Å². The zero-order valence-electron chi connectivity index (χ0n) is 11.4. The van der Waals surface area contributed by atoms with Crippen LogP contribution >= 0.6 is 27.3 Å². The average Bonchev–Trinajstić information content (AvgIpc) is 2.82. The van der Waals surface area contributed by atoms with E-state index in [1.807, 2.05) is 0 Å². The van der Waals surface area contributed by atoms with E-state index in [0.29, 0.717) is 0 Å². The highest BCUT2D eigenvalue weighted by atomic mass is 79.9. The number of hydrogen-bond acceptors (Lipinski definition) is 2. The predicted octanol–water partition coefficient (Wildman–Crippen LogP) is 5.86. The number of hydrogen-bond donors (Lipinski definition) is 0. The first-order chi connectivity index (χ1) is 9.63. The van der Waals surface area contributed by atoms with Crippen molar-refractivity contribution in [3.05, 3.63) is 63.4 Å². The molecule has 0 aliphatic heterocycles. The van der Waals surface area contributed by atoms with Crippen LogP contribution in [0.4, 0.5) is 0 Å². The molecule has 0 atom stereocenters. The van der Waals surface area contributed by atoms with Crippen molar-refractivity contribution >= 4 is 27.3 Å². The standard InChI is InChI=1S/C17H14BrNS/c1-11-3-5-14(6-4-11)17-19-16(12(2)20-17)13-7-9-15(18)10-8-13/h3-10H,1-2H3. The van der Waals surface area contributed by atoms with E-state index in [-0.39, 0.29) is 0 Å². The Hall–Kier alpha value is -1.45. The molecule has 0 unspecified atom stereocenters. The summed E-state index contributed by atoms with van der Waals surface area (Å²) in [6.07, 6.45) is 0. The quantitative estimate of drug-likeness (QED) is 0.568. The first-order valence-corrected chi connectivity index (χ1v) is 8.05. The highest BCUT2D eigenvalue weighted by molar-refractivity contribution is 9.10. The molecule has 100 valence electrons. The third-order valence-electron chi connectivity index (χ3n) is 3.21. The molecule has 3 aromatic rings. The molecular formula is C17H14BrNS. The molecular weight excluding hydrogens is 330 g/mol. The smallest absolute Gasteiger partial charge is 0.124 e. The lowest BCUT2D eigenvalue weighted by Gasteiger charge is -1.99. The third kappa shape index (κ3) is 2.69. The van der Waals surface area contributed by atoms with E-state index < -0.39 is 0 Å². The van der Waals surface area contributed by atoms with E-state index in [2.05, 4.69) is 78.3 Å². The van der Waals surface area contributed by atoms with Gasteiger partial charge in [0, 0.05) is 20.5 Å². The molecule has 0 bridgehead atoms. The Bertz CT molecular complexity index is 727. The average molecular weight is 344 g/mol. The second-order valence-corrected chi connectivity index (χ2v) is 6.92. The maximum Gasteiger partial charge on any atom is 0.124 e. The molecule has 0 amide bonds. The number of aromatic nitrogens is 1. The van der Waals surface area contributed by atoms with Gasteiger partial charge in [0.1, 0.15) is 5.01 Å². The number of rotatable bonds is 2. The Morgan fingerprint density at radius 1 is 0.850 bits per heavy atom. The number of benzene rings is 2. The molecule has 0 aliphatic rings. The molecule has 1 nitrogen and oxygen atoms in total. The van der Waals surface area contributed by atoms with Crippen molar-refractivity contribution in [3.63, 3.8) is 0 Å². The zero-order chi connectivity index (χ0) is 14.1. The van der Waals surface area contributed by atoms with Gasteiger partial charge in [0.05, 0.1) is 5.69 Å². The van der Waals surface area contributed by atoms with E-state index in [0.717, 1.165) is 15.2 Å². The Morgan fingerprint density at radius 3 is 2.10 bits per heavy atom. The molecule has 0 aliphatic carbocycles. The maximum atomic E-state index is 4.81. The van der Waals surface area contributed by atoms with Crippen LogP contribution in [0.5, 0.6) is 0 Å². The molecule has 0 saturated carbocycles. The molecule has 1 heterocycles. The van der Waals surface area contributed by atoms with Crippen molar-refractivity contribution in [1.29, 1.82) is 0 Å². The normalized spacial score (nSPS) is 10.8. The van der Waals surface area contributed by atoms with Gasteiger partial charge in [-0.3, -0.25) is 0 Å². The number of nitrogens with zero attached hydrogens (tertiary/aromatic N) is 1. The maximum absolute atomic E-state index is 4.81. The second-order valence-electron chi connectivity index (χ2n) is 4.80. The van der Waals surface area contributed by atoms with Crippen LogP contribution in [0.25, 0.3) is 21.8 Å². The summed E-state index contributed by atoms with van der Waals surface area (Å²) in [5.74, 6) is 0. The van der Waals surface area contributed by atoms with Crippen molar-refractivity contribution < 1.29 is 0 Å². The Morgan fingerprint density at radius 2 is 1.45 bits per heavy atom. The molecule has 1 aromatic heterocycles. The van der Waals surface area contributed by atoms with E-state index >= 15 is 0 Å². The summed E-state index contributed by atoms with van der Waals surface area (Å²) < 4.78 is 1.09. The van der Waals surface area contributed by atoms with Gasteiger partial charge in [-0.05, 0) is 26.0 Å². The molecule has 0 N–H and O–H groups in total. The highest BCUT2D eigenvalue weighted by Gasteiger charge is 2.11. The predicted molar refractivity (Wildman–Crippen MR) is 90.2 cm³/mol. The summed E-state index contributed by atoms with van der Waals surface area (Å²) in [4.78, 5) is 6.07. The topological polar surface area (TPSA) is 12.9 Å². The first-order valence-electron chi connectivity index (χ1n) is 6.44. The van der Waals surface area contributed by atoms with Crippen molar-refractivity contribution in [3.8, 4) is 21.8 Å². The van der Waals surface area contributed by atoms with Crippen LogP contribution in [0.15, 0.2) is 53.0 Å². The third-order valence-corrected chi connectivity index (χ3v) is 4.76. The van der Waals surface area contributed by atoms with Crippen LogP contribution in [0.3, 0.4) is 0 Å². The lowest BCUT2D eigenvalue weighted by molar-refractivity contribution is 1.36. The summed E-state index contributed by atoms with van der Waals surface area (Å²) in [5.41, 5.74) is 4.71. The molecule has 3 rings (SSSR count). The van der Waals surface area contributed by atoms with Crippen LogP contribution in [-0.4, -0.2) is 4.98 Å². The fourth-order valence-electron chi connectivity index (χ4n) is 2.09. The van der Waals surface area contributed by atoms with Crippen LogP contribution in [0.1, 0.15) is 10.4 Å². The van der Waals surface area contributed by atoms with Crippen LogP contribution < -0.4 is 0 Å². The first kappa shape index (κ1) is 13.5. The lowest BCUT2D eigenvalue weighted by Crippen LogP contribution is -1.81. The molecule has 0 fully saturated rings. The van der Waals surface area contributed by atoms with Gasteiger partial charge in [-0.15, -0.1) is 11.3 Å². The van der Waals surface area contributed by atoms with Crippen LogP contribution in [0.2, 0.25) is 0 Å². The second kappa shape index (κ2) is 5.51.